The minimum atomic E-state index is -0.693. The number of aromatic nitrogens is 5. The summed E-state index contributed by atoms with van der Waals surface area (Å²) in [6.45, 7) is 1.22. The van der Waals surface area contributed by atoms with Crippen LogP contribution < -0.4 is 16.0 Å². The van der Waals surface area contributed by atoms with Crippen molar-refractivity contribution < 1.29 is 8.81 Å². The lowest BCUT2D eigenvalue weighted by Gasteiger charge is -2.33. The van der Waals surface area contributed by atoms with E-state index in [1.807, 2.05) is 4.90 Å². The molecule has 1 fully saturated rings. The zero-order valence-electron chi connectivity index (χ0n) is 15.6. The Balaban J connectivity index is 1.48. The lowest BCUT2D eigenvalue weighted by Crippen LogP contribution is -2.45. The summed E-state index contributed by atoms with van der Waals surface area (Å²) in [5.41, 5.74) is 0.630. The lowest BCUT2D eigenvalue weighted by atomic mass is 10.0. The fraction of sp³-hybridized carbons (Fsp3) is 0.316. The molecule has 10 heteroatoms. The average molecular weight is 396 g/mol. The molecule has 0 N–H and O–H groups in total. The maximum absolute atomic E-state index is 13.7. The number of hydrogen-bond donors (Lipinski definition) is 0. The van der Waals surface area contributed by atoms with Crippen LogP contribution in [-0.2, 0) is 7.05 Å². The molecule has 1 saturated heterocycles. The molecule has 4 aromatic rings. The van der Waals surface area contributed by atoms with Crippen LogP contribution in [0.2, 0.25) is 0 Å². The summed E-state index contributed by atoms with van der Waals surface area (Å²) in [6.07, 6.45) is 5.48. The Kier molecular flexibility index (Phi) is 3.93. The summed E-state index contributed by atoms with van der Waals surface area (Å²) in [4.78, 5) is 40.1. The van der Waals surface area contributed by atoms with Crippen molar-refractivity contribution >= 4 is 28.2 Å². The Morgan fingerprint density at radius 1 is 1.14 bits per heavy atom. The van der Waals surface area contributed by atoms with Gasteiger partial charge >= 0.3 is 11.1 Å². The van der Waals surface area contributed by atoms with Crippen molar-refractivity contribution in [1.82, 2.24) is 24.1 Å². The van der Waals surface area contributed by atoms with Gasteiger partial charge in [0.1, 0.15) is 11.3 Å². The molecule has 5 rings (SSSR count). The number of aryl methyl sites for hydroxylation is 1. The number of fused-ring (bicyclic) bond motifs is 2. The van der Waals surface area contributed by atoms with Crippen LogP contribution in [0.1, 0.15) is 18.9 Å². The number of halogens is 1. The van der Waals surface area contributed by atoms with Gasteiger partial charge in [-0.1, -0.05) is 0 Å². The van der Waals surface area contributed by atoms with Crippen molar-refractivity contribution in [2.45, 2.75) is 18.9 Å². The highest BCUT2D eigenvalue weighted by molar-refractivity contribution is 5.72. The number of piperidine rings is 1. The van der Waals surface area contributed by atoms with E-state index in [1.165, 1.54) is 17.7 Å². The molecular weight excluding hydrogens is 379 g/mol. The summed E-state index contributed by atoms with van der Waals surface area (Å²) in [6, 6.07) is 2.79. The van der Waals surface area contributed by atoms with Gasteiger partial charge in [-0.2, -0.15) is 0 Å². The zero-order chi connectivity index (χ0) is 20.1. The average Bonchev–Trinajstić information content (AvgIpc) is 3.21. The predicted molar refractivity (Wildman–Crippen MR) is 103 cm³/mol. The van der Waals surface area contributed by atoms with Gasteiger partial charge in [0, 0.05) is 38.3 Å². The molecule has 4 aromatic heterocycles. The van der Waals surface area contributed by atoms with E-state index in [0.29, 0.717) is 48.6 Å². The Hall–Kier alpha value is -3.56. The van der Waals surface area contributed by atoms with Crippen LogP contribution in [0.3, 0.4) is 0 Å². The molecule has 0 aliphatic carbocycles. The Morgan fingerprint density at radius 2 is 1.93 bits per heavy atom. The van der Waals surface area contributed by atoms with Gasteiger partial charge in [-0.05, 0) is 12.8 Å². The largest absolute Gasteiger partial charge is 0.461 e. The minimum absolute atomic E-state index is 0.217. The molecule has 0 atom stereocenters. The number of anilines is 1. The van der Waals surface area contributed by atoms with Gasteiger partial charge in [-0.3, -0.25) is 14.2 Å². The summed E-state index contributed by atoms with van der Waals surface area (Å²) in [7, 11) is 1.45. The molecule has 1 aliphatic heterocycles. The molecule has 148 valence electrons. The molecule has 0 aromatic carbocycles. The topological polar surface area (TPSA) is 99.1 Å². The van der Waals surface area contributed by atoms with E-state index in [1.54, 1.807) is 18.5 Å². The van der Waals surface area contributed by atoms with Crippen molar-refractivity contribution in [2.24, 2.45) is 7.05 Å². The fourth-order valence-corrected chi connectivity index (χ4v) is 3.88. The minimum Gasteiger partial charge on any atom is -0.461 e. The van der Waals surface area contributed by atoms with Crippen LogP contribution in [-0.4, -0.2) is 37.2 Å². The molecule has 5 heterocycles. The first-order valence-electron chi connectivity index (χ1n) is 9.25. The van der Waals surface area contributed by atoms with Gasteiger partial charge in [0.25, 0.3) is 0 Å². The molecule has 29 heavy (non-hydrogen) atoms. The summed E-state index contributed by atoms with van der Waals surface area (Å²) < 4.78 is 21.5. The fourth-order valence-electron chi connectivity index (χ4n) is 3.88. The number of pyridine rings is 1. The third-order valence-electron chi connectivity index (χ3n) is 5.41. The van der Waals surface area contributed by atoms with Crippen LogP contribution in [0.4, 0.5) is 10.3 Å². The lowest BCUT2D eigenvalue weighted by molar-refractivity contribution is 0.389. The van der Waals surface area contributed by atoms with E-state index in [-0.39, 0.29) is 6.04 Å². The van der Waals surface area contributed by atoms with E-state index in [4.69, 9.17) is 4.42 Å². The highest BCUT2D eigenvalue weighted by atomic mass is 19.1. The SMILES string of the molecule is Cn1c(=O)c(=O)n(C2CCN(c3ncc4occc4n3)CC2)c2ncc(F)cc21. The Morgan fingerprint density at radius 3 is 2.72 bits per heavy atom. The van der Waals surface area contributed by atoms with Gasteiger partial charge < -0.3 is 13.9 Å². The van der Waals surface area contributed by atoms with Crippen molar-refractivity contribution in [1.29, 1.82) is 0 Å². The molecular formula is C19H17FN6O3. The summed E-state index contributed by atoms with van der Waals surface area (Å²) in [5.74, 6) is 0.0398. The monoisotopic (exact) mass is 396 g/mol. The molecule has 0 radical (unpaired) electrons. The first-order valence-corrected chi connectivity index (χ1v) is 9.25. The van der Waals surface area contributed by atoms with Gasteiger partial charge in [0.05, 0.1) is 24.2 Å². The summed E-state index contributed by atoms with van der Waals surface area (Å²) in [5, 5.41) is 0. The van der Waals surface area contributed by atoms with Gasteiger partial charge in [0.2, 0.25) is 5.95 Å². The van der Waals surface area contributed by atoms with Gasteiger partial charge in [-0.25, -0.2) is 19.3 Å². The predicted octanol–water partition coefficient (Wildman–Crippen LogP) is 1.61. The van der Waals surface area contributed by atoms with Crippen molar-refractivity contribution in [2.75, 3.05) is 18.0 Å². The maximum Gasteiger partial charge on any atom is 0.318 e. The molecule has 0 bridgehead atoms. The van der Waals surface area contributed by atoms with Crippen LogP contribution in [0.25, 0.3) is 22.3 Å². The van der Waals surface area contributed by atoms with Crippen LogP contribution in [0.5, 0.6) is 0 Å². The molecule has 0 unspecified atom stereocenters. The second kappa shape index (κ2) is 6.50. The van der Waals surface area contributed by atoms with Crippen molar-refractivity contribution in [3.05, 3.63) is 57.3 Å². The summed E-state index contributed by atoms with van der Waals surface area (Å²) >= 11 is 0. The van der Waals surface area contributed by atoms with E-state index >= 15 is 0 Å². The van der Waals surface area contributed by atoms with Gasteiger partial charge in [0.15, 0.2) is 11.2 Å². The first-order chi connectivity index (χ1) is 14.0. The molecule has 0 saturated carbocycles. The van der Waals surface area contributed by atoms with Crippen LogP contribution in [0, 0.1) is 5.82 Å². The van der Waals surface area contributed by atoms with E-state index in [0.717, 1.165) is 16.3 Å². The third kappa shape index (κ3) is 2.79. The van der Waals surface area contributed by atoms with E-state index < -0.39 is 16.9 Å². The maximum atomic E-state index is 13.7. The van der Waals surface area contributed by atoms with E-state index in [9.17, 15) is 14.0 Å². The highest BCUT2D eigenvalue weighted by Crippen LogP contribution is 2.26. The Labute approximate surface area is 163 Å². The number of nitrogens with zero attached hydrogens (tertiary/aromatic N) is 6. The number of furan rings is 1. The second-order valence-corrected chi connectivity index (χ2v) is 7.09. The Bertz CT molecular complexity index is 1350. The smallest absolute Gasteiger partial charge is 0.318 e. The van der Waals surface area contributed by atoms with E-state index in [2.05, 4.69) is 15.0 Å². The first kappa shape index (κ1) is 17.5. The van der Waals surface area contributed by atoms with Crippen LogP contribution in [0.15, 0.2) is 44.8 Å². The van der Waals surface area contributed by atoms with Crippen LogP contribution >= 0.6 is 0 Å². The normalized spacial score (nSPS) is 15.4. The van der Waals surface area contributed by atoms with Crippen molar-refractivity contribution in [3.8, 4) is 0 Å². The number of hydrogen-bond acceptors (Lipinski definition) is 7. The zero-order valence-corrected chi connectivity index (χ0v) is 15.6. The highest BCUT2D eigenvalue weighted by Gasteiger charge is 2.26. The molecule has 0 spiro atoms. The second-order valence-electron chi connectivity index (χ2n) is 7.09. The quantitative estimate of drug-likeness (QED) is 0.475. The standard InChI is InChI=1S/C19H17FN6O3/c1-24-14-8-11(20)9-21-16(14)26(18(28)17(24)27)12-2-5-25(6-3-12)19-22-10-15-13(23-19)4-7-29-15/h4,7-10,12H,2-3,5-6H2,1H3. The number of rotatable bonds is 2. The molecule has 0 amide bonds. The van der Waals surface area contributed by atoms with Gasteiger partial charge in [-0.15, -0.1) is 0 Å². The van der Waals surface area contributed by atoms with Crippen molar-refractivity contribution in [3.63, 3.8) is 0 Å². The third-order valence-corrected chi connectivity index (χ3v) is 5.41. The molecule has 9 nitrogen and oxygen atoms in total. The molecule has 1 aliphatic rings.